The molecule has 2 aromatic rings. The van der Waals surface area contributed by atoms with Gasteiger partial charge in [0.1, 0.15) is 17.2 Å². The quantitative estimate of drug-likeness (QED) is 0.913. The van der Waals surface area contributed by atoms with E-state index in [0.717, 1.165) is 23.5 Å². The van der Waals surface area contributed by atoms with Crippen LogP contribution in [0.1, 0.15) is 10.5 Å². The summed E-state index contributed by atoms with van der Waals surface area (Å²) in [5.74, 6) is 1.11. The number of anilines is 1. The first-order valence-corrected chi connectivity index (χ1v) is 9.28. The molecule has 25 heavy (non-hydrogen) atoms. The zero-order valence-corrected chi connectivity index (χ0v) is 14.3. The third-order valence-corrected chi connectivity index (χ3v) is 5.67. The highest BCUT2D eigenvalue weighted by Crippen LogP contribution is 2.39. The largest absolute Gasteiger partial charge is 0.377 e. The Morgan fingerprint density at radius 2 is 2.16 bits per heavy atom. The Labute approximate surface area is 149 Å². The van der Waals surface area contributed by atoms with Crippen LogP contribution in [0, 0.1) is 11.7 Å². The van der Waals surface area contributed by atoms with Crippen LogP contribution < -0.4 is 10.2 Å². The molecule has 2 unspecified atom stereocenters. The van der Waals surface area contributed by atoms with E-state index in [0.29, 0.717) is 13.2 Å². The molecule has 4 rings (SSSR count). The van der Waals surface area contributed by atoms with Crippen LogP contribution in [-0.2, 0) is 4.74 Å². The predicted octanol–water partition coefficient (Wildman–Crippen LogP) is 2.50. The van der Waals surface area contributed by atoms with Crippen molar-refractivity contribution in [3.63, 3.8) is 0 Å². The Balaban J connectivity index is 1.79. The summed E-state index contributed by atoms with van der Waals surface area (Å²) in [6.45, 7) is 1.02. The number of nitrogens with one attached hydrogen (secondary N) is 1. The van der Waals surface area contributed by atoms with Gasteiger partial charge in [0.15, 0.2) is 0 Å². The third kappa shape index (κ3) is 2.92. The number of nitrogens with zero attached hydrogens (tertiary/aromatic N) is 2. The Bertz CT molecular complexity index is 759. The molecule has 0 bridgehead atoms. The summed E-state index contributed by atoms with van der Waals surface area (Å²) in [4.78, 5) is 19.1. The average Bonchev–Trinajstić information content (AvgIpc) is 3.08. The summed E-state index contributed by atoms with van der Waals surface area (Å²) in [6.07, 6.45) is 1.07. The number of hydrogen-bond donors (Lipinski definition) is 1. The maximum absolute atomic E-state index is 13.3. The van der Waals surface area contributed by atoms with Gasteiger partial charge in [-0.1, -0.05) is 18.2 Å². The van der Waals surface area contributed by atoms with Crippen LogP contribution in [0.3, 0.4) is 0 Å². The van der Waals surface area contributed by atoms with Crippen LogP contribution in [-0.4, -0.2) is 41.4 Å². The molecular weight excluding hydrogens is 341 g/mol. The summed E-state index contributed by atoms with van der Waals surface area (Å²) in [6, 6.07) is 12.2. The van der Waals surface area contributed by atoms with E-state index in [4.69, 9.17) is 4.74 Å². The van der Waals surface area contributed by atoms with Gasteiger partial charge >= 0.3 is 0 Å². The monoisotopic (exact) mass is 359 g/mol. The van der Waals surface area contributed by atoms with E-state index in [2.05, 4.69) is 10.3 Å². The summed E-state index contributed by atoms with van der Waals surface area (Å²) in [5.41, 5.74) is 0.374. The van der Waals surface area contributed by atoms with Gasteiger partial charge in [0, 0.05) is 23.2 Å². The molecule has 0 saturated carbocycles. The number of para-hydroxylation sites is 1. The minimum atomic E-state index is -0.611. The molecule has 2 aliphatic heterocycles. The first-order valence-electron chi connectivity index (χ1n) is 8.12. The van der Waals surface area contributed by atoms with E-state index in [-0.39, 0.29) is 17.5 Å². The highest BCUT2D eigenvalue weighted by Gasteiger charge is 2.52. The van der Waals surface area contributed by atoms with Crippen LogP contribution in [0.5, 0.6) is 0 Å². The second-order valence-corrected chi connectivity index (χ2v) is 7.20. The van der Waals surface area contributed by atoms with E-state index in [1.807, 2.05) is 30.3 Å². The molecular formula is C18H18FN3O2S. The van der Waals surface area contributed by atoms with Crippen LogP contribution in [0.4, 0.5) is 10.1 Å². The Hall–Kier alpha value is -1.96. The summed E-state index contributed by atoms with van der Waals surface area (Å²) in [7, 11) is 0. The topological polar surface area (TPSA) is 54.5 Å². The number of ether oxygens (including phenoxy) is 1. The molecule has 0 radical (unpaired) electrons. The van der Waals surface area contributed by atoms with Crippen LogP contribution in [0.2, 0.25) is 0 Å². The lowest BCUT2D eigenvalue weighted by molar-refractivity contribution is 0.0908. The lowest BCUT2D eigenvalue weighted by atomic mass is 9.94. The van der Waals surface area contributed by atoms with Gasteiger partial charge in [0.2, 0.25) is 0 Å². The molecule has 2 saturated heterocycles. The van der Waals surface area contributed by atoms with Crippen molar-refractivity contribution in [1.82, 2.24) is 10.3 Å². The predicted molar refractivity (Wildman–Crippen MR) is 94.9 cm³/mol. The third-order valence-electron chi connectivity index (χ3n) is 4.68. The molecule has 0 spiro atoms. The fourth-order valence-corrected chi connectivity index (χ4v) is 4.55. The minimum Gasteiger partial charge on any atom is -0.377 e. The smallest absolute Gasteiger partial charge is 0.278 e. The molecule has 3 heterocycles. The maximum atomic E-state index is 13.3. The summed E-state index contributed by atoms with van der Waals surface area (Å²) >= 11 is 1.80. The number of amides is 1. The number of halogens is 1. The Morgan fingerprint density at radius 1 is 1.32 bits per heavy atom. The normalized spacial score (nSPS) is 25.4. The second-order valence-electron chi connectivity index (χ2n) is 6.17. The van der Waals surface area contributed by atoms with Crippen molar-refractivity contribution in [3.05, 3.63) is 60.2 Å². The zero-order chi connectivity index (χ0) is 17.3. The van der Waals surface area contributed by atoms with Gasteiger partial charge in [0.25, 0.3) is 5.91 Å². The summed E-state index contributed by atoms with van der Waals surface area (Å²) in [5, 5.41) is 3.50. The van der Waals surface area contributed by atoms with Crippen LogP contribution in [0.25, 0.3) is 0 Å². The first-order chi connectivity index (χ1) is 12.2. The number of carbonyl (C=O) groups is 1. The lowest BCUT2D eigenvalue weighted by Gasteiger charge is -2.46. The van der Waals surface area contributed by atoms with Gasteiger partial charge in [-0.2, -0.15) is 0 Å². The van der Waals surface area contributed by atoms with E-state index in [1.54, 1.807) is 16.7 Å². The minimum absolute atomic E-state index is 0.177. The number of aromatic nitrogens is 1. The van der Waals surface area contributed by atoms with Crippen molar-refractivity contribution in [2.24, 2.45) is 5.92 Å². The highest BCUT2D eigenvalue weighted by atomic mass is 32.2. The zero-order valence-electron chi connectivity index (χ0n) is 13.5. The molecule has 7 heteroatoms. The molecule has 1 N–H and O–H groups in total. The van der Waals surface area contributed by atoms with Crippen molar-refractivity contribution in [1.29, 1.82) is 0 Å². The van der Waals surface area contributed by atoms with Gasteiger partial charge in [-0.25, -0.2) is 9.37 Å². The number of thioether (sulfide) groups is 1. The van der Waals surface area contributed by atoms with Gasteiger partial charge in [-0.05, 0) is 24.3 Å². The number of fused-ring (bicyclic) bond motifs is 1. The van der Waals surface area contributed by atoms with E-state index >= 15 is 0 Å². The average molecular weight is 359 g/mol. The van der Waals surface area contributed by atoms with Gasteiger partial charge in [-0.3, -0.25) is 15.0 Å². The van der Waals surface area contributed by atoms with Crippen molar-refractivity contribution in [3.8, 4) is 0 Å². The Kier molecular flexibility index (Phi) is 4.45. The van der Waals surface area contributed by atoms with Crippen molar-refractivity contribution < 1.29 is 13.9 Å². The first kappa shape index (κ1) is 16.5. The van der Waals surface area contributed by atoms with Gasteiger partial charge < -0.3 is 4.74 Å². The fourth-order valence-electron chi connectivity index (χ4n) is 3.42. The Morgan fingerprint density at radius 3 is 2.92 bits per heavy atom. The summed E-state index contributed by atoms with van der Waals surface area (Å²) < 4.78 is 19.0. The lowest BCUT2D eigenvalue weighted by Crippen LogP contribution is -2.68. The number of hydrogen-bond acceptors (Lipinski definition) is 5. The number of benzene rings is 1. The maximum Gasteiger partial charge on any atom is 0.278 e. The molecule has 1 amide bonds. The molecule has 1 aromatic heterocycles. The molecule has 2 atom stereocenters. The SMILES string of the molecule is O=C(c1ccc(F)cn1)N(c1ccccc1)C12COCC1CSCN2. The fraction of sp³-hybridized carbons (Fsp3) is 0.333. The van der Waals surface area contributed by atoms with Crippen LogP contribution in [0.15, 0.2) is 48.7 Å². The van der Waals surface area contributed by atoms with Crippen molar-refractivity contribution >= 4 is 23.4 Å². The standard InChI is InChI=1S/C18H18FN3O2S/c19-14-6-7-16(20-8-14)17(23)22(15-4-2-1-3-5-15)18-11-24-9-13(18)10-25-12-21-18/h1-8,13,21H,9-12H2. The second kappa shape index (κ2) is 6.74. The van der Waals surface area contributed by atoms with E-state index in [9.17, 15) is 9.18 Å². The molecule has 0 aliphatic carbocycles. The molecule has 5 nitrogen and oxygen atoms in total. The number of pyridine rings is 1. The van der Waals surface area contributed by atoms with E-state index < -0.39 is 11.5 Å². The van der Waals surface area contributed by atoms with Gasteiger partial charge in [0.05, 0.1) is 19.4 Å². The molecule has 2 fully saturated rings. The number of rotatable bonds is 3. The number of carbonyl (C=O) groups excluding carboxylic acids is 1. The highest BCUT2D eigenvalue weighted by molar-refractivity contribution is 7.99. The van der Waals surface area contributed by atoms with Crippen molar-refractivity contribution in [2.75, 3.05) is 29.7 Å². The molecule has 2 aliphatic rings. The van der Waals surface area contributed by atoms with E-state index in [1.165, 1.54) is 12.1 Å². The van der Waals surface area contributed by atoms with Crippen LogP contribution >= 0.6 is 11.8 Å². The van der Waals surface area contributed by atoms with Crippen molar-refractivity contribution in [2.45, 2.75) is 5.66 Å². The molecule has 130 valence electrons. The van der Waals surface area contributed by atoms with Gasteiger partial charge in [-0.15, -0.1) is 11.8 Å². The molecule has 1 aromatic carbocycles.